The zero-order valence-corrected chi connectivity index (χ0v) is 17.8. The monoisotopic (exact) mass is 472 g/mol. The minimum Gasteiger partial charge on any atom is -0.491 e. The molecule has 4 rings (SSSR count). The SMILES string of the molecule is Cc1cc(C(=O)N[C@]2(c3ccc(OC(F)(F)F)cc3)CCOc3cccnc32)ccc1C(=O)O. The first-order chi connectivity index (χ1) is 16.1. The highest BCUT2D eigenvalue weighted by atomic mass is 19.4. The van der Waals surface area contributed by atoms with Crippen LogP contribution in [0.1, 0.15) is 44.0 Å². The quantitative estimate of drug-likeness (QED) is 0.570. The van der Waals surface area contributed by atoms with Crippen molar-refractivity contribution in [2.75, 3.05) is 6.61 Å². The highest BCUT2D eigenvalue weighted by Gasteiger charge is 2.43. The minimum atomic E-state index is -4.83. The normalized spacial score (nSPS) is 17.3. The molecule has 10 heteroatoms. The number of carboxylic acid groups (broad SMARTS) is 1. The molecular weight excluding hydrogens is 453 g/mol. The van der Waals surface area contributed by atoms with Gasteiger partial charge in [0.1, 0.15) is 22.7 Å². The van der Waals surface area contributed by atoms with E-state index in [1.54, 1.807) is 19.1 Å². The highest BCUT2D eigenvalue weighted by Crippen LogP contribution is 2.41. The molecule has 0 radical (unpaired) electrons. The molecule has 0 fully saturated rings. The number of aromatic carboxylic acids is 1. The molecule has 0 bridgehead atoms. The van der Waals surface area contributed by atoms with Crippen LogP contribution in [-0.2, 0) is 5.54 Å². The molecule has 0 spiro atoms. The summed E-state index contributed by atoms with van der Waals surface area (Å²) in [7, 11) is 0. The molecule has 2 aromatic carbocycles. The molecule has 1 aliphatic heterocycles. The Hall–Kier alpha value is -4.08. The summed E-state index contributed by atoms with van der Waals surface area (Å²) in [6.07, 6.45) is -3.05. The first-order valence-electron chi connectivity index (χ1n) is 10.2. The van der Waals surface area contributed by atoms with Gasteiger partial charge in [0.15, 0.2) is 0 Å². The lowest BCUT2D eigenvalue weighted by atomic mass is 9.81. The molecule has 3 aromatic rings. The molecule has 1 aromatic heterocycles. The fourth-order valence-electron chi connectivity index (χ4n) is 3.99. The molecule has 7 nitrogen and oxygen atoms in total. The van der Waals surface area contributed by atoms with E-state index >= 15 is 0 Å². The summed E-state index contributed by atoms with van der Waals surface area (Å²) in [6.45, 7) is 1.80. The summed E-state index contributed by atoms with van der Waals surface area (Å²) in [5.41, 5.74) is 0.388. The maximum Gasteiger partial charge on any atom is 0.573 e. The van der Waals surface area contributed by atoms with Crippen LogP contribution in [0.15, 0.2) is 60.8 Å². The number of benzene rings is 2. The summed E-state index contributed by atoms with van der Waals surface area (Å²) in [6, 6.07) is 12.8. The minimum absolute atomic E-state index is 0.0737. The molecule has 0 aliphatic carbocycles. The van der Waals surface area contributed by atoms with Crippen LogP contribution in [0.3, 0.4) is 0 Å². The van der Waals surface area contributed by atoms with E-state index in [0.717, 1.165) is 0 Å². The first-order valence-corrected chi connectivity index (χ1v) is 10.2. The van der Waals surface area contributed by atoms with E-state index in [1.807, 2.05) is 0 Å². The van der Waals surface area contributed by atoms with Gasteiger partial charge in [-0.25, -0.2) is 4.79 Å². The van der Waals surface area contributed by atoms with Gasteiger partial charge in [0.2, 0.25) is 0 Å². The van der Waals surface area contributed by atoms with Crippen molar-refractivity contribution >= 4 is 11.9 Å². The van der Waals surface area contributed by atoms with Crippen molar-refractivity contribution < 1.29 is 37.3 Å². The van der Waals surface area contributed by atoms with Crippen LogP contribution < -0.4 is 14.8 Å². The Balaban J connectivity index is 1.75. The molecular formula is C24H19F3N2O5. The number of aromatic nitrogens is 1. The second-order valence-corrected chi connectivity index (χ2v) is 7.72. The van der Waals surface area contributed by atoms with Crippen molar-refractivity contribution in [3.63, 3.8) is 0 Å². The van der Waals surface area contributed by atoms with Gasteiger partial charge in [0, 0.05) is 18.2 Å². The van der Waals surface area contributed by atoms with Gasteiger partial charge in [-0.1, -0.05) is 12.1 Å². The molecule has 1 aliphatic rings. The van der Waals surface area contributed by atoms with Crippen molar-refractivity contribution in [1.82, 2.24) is 10.3 Å². The topological polar surface area (TPSA) is 97.8 Å². The predicted molar refractivity (Wildman–Crippen MR) is 114 cm³/mol. The molecule has 1 atom stereocenters. The van der Waals surface area contributed by atoms with Crippen molar-refractivity contribution in [1.29, 1.82) is 0 Å². The van der Waals surface area contributed by atoms with Gasteiger partial charge in [-0.05, 0) is 60.5 Å². The Labute approximate surface area is 192 Å². The third kappa shape index (κ3) is 4.52. The molecule has 176 valence electrons. The number of carboxylic acids is 1. The van der Waals surface area contributed by atoms with E-state index in [4.69, 9.17) is 4.74 Å². The number of carbonyl (C=O) groups excluding carboxylic acids is 1. The van der Waals surface area contributed by atoms with Crippen LogP contribution in [0.4, 0.5) is 13.2 Å². The van der Waals surface area contributed by atoms with Gasteiger partial charge >= 0.3 is 12.3 Å². The van der Waals surface area contributed by atoms with Gasteiger partial charge < -0.3 is 19.9 Å². The summed E-state index contributed by atoms with van der Waals surface area (Å²) in [5.74, 6) is -1.58. The van der Waals surface area contributed by atoms with E-state index in [-0.39, 0.29) is 24.2 Å². The van der Waals surface area contributed by atoms with Gasteiger partial charge in [-0.2, -0.15) is 0 Å². The molecule has 2 heterocycles. The average Bonchev–Trinajstić information content (AvgIpc) is 2.78. The lowest BCUT2D eigenvalue weighted by molar-refractivity contribution is -0.274. The maximum absolute atomic E-state index is 13.3. The van der Waals surface area contributed by atoms with Crippen LogP contribution in [0.5, 0.6) is 11.5 Å². The summed E-state index contributed by atoms with van der Waals surface area (Å²) >= 11 is 0. The molecule has 0 unspecified atom stereocenters. The number of halogens is 3. The Kier molecular flexibility index (Phi) is 5.90. The van der Waals surface area contributed by atoms with E-state index in [9.17, 15) is 27.9 Å². The fraction of sp³-hybridized carbons (Fsp3) is 0.208. The zero-order chi connectivity index (χ0) is 24.5. The lowest BCUT2D eigenvalue weighted by Crippen LogP contribution is -2.50. The number of amides is 1. The number of aryl methyl sites for hydroxylation is 1. The summed E-state index contributed by atoms with van der Waals surface area (Å²) in [5, 5.41) is 12.2. The smallest absolute Gasteiger partial charge is 0.491 e. The van der Waals surface area contributed by atoms with Crippen LogP contribution >= 0.6 is 0 Å². The molecule has 0 saturated heterocycles. The van der Waals surface area contributed by atoms with Gasteiger partial charge in [-0.15, -0.1) is 13.2 Å². The van der Waals surface area contributed by atoms with Crippen LogP contribution in [0.25, 0.3) is 0 Å². The molecule has 34 heavy (non-hydrogen) atoms. The number of nitrogens with one attached hydrogen (secondary N) is 1. The third-order valence-electron chi connectivity index (χ3n) is 5.54. The second kappa shape index (κ2) is 8.69. The number of carbonyl (C=O) groups is 2. The second-order valence-electron chi connectivity index (χ2n) is 7.72. The number of pyridine rings is 1. The molecule has 1 amide bonds. The van der Waals surface area contributed by atoms with Crippen molar-refractivity contribution in [2.45, 2.75) is 25.2 Å². The van der Waals surface area contributed by atoms with Crippen LogP contribution in [-0.4, -0.2) is 34.9 Å². The van der Waals surface area contributed by atoms with Crippen LogP contribution in [0.2, 0.25) is 0 Å². The first kappa shape index (κ1) is 23.1. The van der Waals surface area contributed by atoms with E-state index < -0.39 is 29.5 Å². The fourth-order valence-corrected chi connectivity index (χ4v) is 3.99. The Bertz CT molecular complexity index is 1240. The van der Waals surface area contributed by atoms with Gasteiger partial charge in [-0.3, -0.25) is 9.78 Å². The predicted octanol–water partition coefficient (Wildman–Crippen LogP) is 4.44. The van der Waals surface area contributed by atoms with E-state index in [1.165, 1.54) is 48.7 Å². The standard InChI is InChI=1S/C24H19F3N2O5/c1-14-13-15(4-9-18(14)22(31)32)21(30)29-23(10-12-33-19-3-2-11-28-20(19)23)16-5-7-17(8-6-16)34-24(25,26)27/h2-9,11,13H,10,12H2,1H3,(H,29,30)(H,31,32)/t23-/m0/s1. The molecule has 0 saturated carbocycles. The third-order valence-corrected chi connectivity index (χ3v) is 5.54. The number of hydrogen-bond acceptors (Lipinski definition) is 5. The van der Waals surface area contributed by atoms with Crippen molar-refractivity contribution in [3.8, 4) is 11.5 Å². The summed E-state index contributed by atoms with van der Waals surface area (Å²) in [4.78, 5) is 29.0. The van der Waals surface area contributed by atoms with E-state index in [2.05, 4.69) is 15.0 Å². The number of rotatable bonds is 5. The van der Waals surface area contributed by atoms with Crippen LogP contribution in [0, 0.1) is 6.92 Å². The van der Waals surface area contributed by atoms with Crippen molar-refractivity contribution in [2.24, 2.45) is 0 Å². The number of ether oxygens (including phenoxy) is 2. The lowest BCUT2D eigenvalue weighted by Gasteiger charge is -2.39. The van der Waals surface area contributed by atoms with Gasteiger partial charge in [0.05, 0.1) is 12.2 Å². The van der Waals surface area contributed by atoms with E-state index in [0.29, 0.717) is 22.6 Å². The number of hydrogen-bond donors (Lipinski definition) is 2. The number of nitrogens with zero attached hydrogens (tertiary/aromatic N) is 1. The summed E-state index contributed by atoms with van der Waals surface area (Å²) < 4.78 is 47.4. The Morgan fingerprint density at radius 2 is 1.88 bits per heavy atom. The Morgan fingerprint density at radius 1 is 1.15 bits per heavy atom. The van der Waals surface area contributed by atoms with Gasteiger partial charge in [0.25, 0.3) is 5.91 Å². The molecule has 2 N–H and O–H groups in total. The Morgan fingerprint density at radius 3 is 2.53 bits per heavy atom. The zero-order valence-electron chi connectivity index (χ0n) is 17.8. The van der Waals surface area contributed by atoms with Crippen molar-refractivity contribution in [3.05, 3.63) is 88.7 Å². The highest BCUT2D eigenvalue weighted by molar-refractivity contribution is 5.97. The maximum atomic E-state index is 13.3. The number of alkyl halides is 3. The average molecular weight is 472 g/mol. The number of fused-ring (bicyclic) bond motifs is 1. The largest absolute Gasteiger partial charge is 0.573 e.